The van der Waals surface area contributed by atoms with Crippen molar-refractivity contribution in [3.63, 3.8) is 0 Å². The first-order valence-electron chi connectivity index (χ1n) is 7.07. The molecule has 1 aliphatic rings. The van der Waals surface area contributed by atoms with Crippen LogP contribution in [0.3, 0.4) is 0 Å². The van der Waals surface area contributed by atoms with E-state index in [0.717, 1.165) is 0 Å². The number of aromatic nitrogens is 4. The van der Waals surface area contributed by atoms with E-state index in [4.69, 9.17) is 9.57 Å². The Kier molecular flexibility index (Phi) is 3.94. The van der Waals surface area contributed by atoms with Crippen molar-refractivity contribution in [2.45, 2.75) is 37.9 Å². The molecule has 1 unspecified atom stereocenters. The second-order valence-corrected chi connectivity index (χ2v) is 5.64. The minimum Gasteiger partial charge on any atom is -0.394 e. The number of nitrogens with one attached hydrogen (secondary N) is 1. The summed E-state index contributed by atoms with van der Waals surface area (Å²) in [6.07, 6.45) is -1.84. The van der Waals surface area contributed by atoms with Gasteiger partial charge in [0, 0.05) is 0 Å². The maximum absolute atomic E-state index is 10.6. The summed E-state index contributed by atoms with van der Waals surface area (Å²) in [6.45, 7) is 2.76. The Morgan fingerprint density at radius 1 is 1.48 bits per heavy atom. The fourth-order valence-electron chi connectivity index (χ4n) is 2.83. The number of aryl methyl sites for hydroxylation is 1. The summed E-state index contributed by atoms with van der Waals surface area (Å²) in [5, 5.41) is 35.0. The Morgan fingerprint density at radius 3 is 2.83 bits per heavy atom. The van der Waals surface area contributed by atoms with Gasteiger partial charge in [-0.3, -0.25) is 4.84 Å². The summed E-state index contributed by atoms with van der Waals surface area (Å²) >= 11 is 0. The van der Waals surface area contributed by atoms with E-state index in [-0.39, 0.29) is 0 Å². The van der Waals surface area contributed by atoms with Crippen molar-refractivity contribution >= 4 is 16.9 Å². The predicted octanol–water partition coefficient (Wildman–Crippen LogP) is -0.890. The van der Waals surface area contributed by atoms with Crippen molar-refractivity contribution in [3.05, 3.63) is 12.0 Å². The molecular weight excluding hydrogens is 306 g/mol. The van der Waals surface area contributed by atoms with Crippen molar-refractivity contribution in [1.82, 2.24) is 19.7 Å². The van der Waals surface area contributed by atoms with Crippen molar-refractivity contribution in [2.75, 3.05) is 19.2 Å². The Hall–Kier alpha value is -1.85. The van der Waals surface area contributed by atoms with Crippen LogP contribution in [0.5, 0.6) is 0 Å². The molecule has 126 valence electrons. The molecule has 3 heterocycles. The standard InChI is InChI=1S/C13H19N5O5/c1-6-8-10(17-22-3)14-5-15-11(8)18(16-6)12-13(2,21)9(20)7(4-19)23-12/h5,7,9,12,19-21H,4H2,1-3H3,(H,14,15,17)/t7-,9-,12?,13-/m1/s1. The number of aliphatic hydroxyl groups is 3. The molecule has 0 radical (unpaired) electrons. The molecule has 10 nitrogen and oxygen atoms in total. The summed E-state index contributed by atoms with van der Waals surface area (Å²) in [5.74, 6) is 0.429. The molecule has 1 aliphatic heterocycles. The number of rotatable bonds is 4. The summed E-state index contributed by atoms with van der Waals surface area (Å²) < 4.78 is 6.96. The first-order valence-corrected chi connectivity index (χ1v) is 7.07. The molecular formula is C13H19N5O5. The zero-order valence-electron chi connectivity index (χ0n) is 13.0. The molecule has 0 aliphatic carbocycles. The van der Waals surface area contributed by atoms with Crippen LogP contribution in [-0.4, -0.2) is 66.6 Å². The van der Waals surface area contributed by atoms with Gasteiger partial charge in [-0.05, 0) is 13.8 Å². The third-order valence-electron chi connectivity index (χ3n) is 4.02. The van der Waals surface area contributed by atoms with Crippen LogP contribution < -0.4 is 5.48 Å². The van der Waals surface area contributed by atoms with Crippen LogP contribution in [0.1, 0.15) is 18.8 Å². The molecule has 23 heavy (non-hydrogen) atoms. The van der Waals surface area contributed by atoms with Crippen molar-refractivity contribution in [3.8, 4) is 0 Å². The Labute approximate surface area is 131 Å². The number of hydrogen-bond donors (Lipinski definition) is 4. The lowest BCUT2D eigenvalue weighted by Gasteiger charge is -2.26. The maximum atomic E-state index is 10.6. The van der Waals surface area contributed by atoms with E-state index in [1.165, 1.54) is 25.0 Å². The van der Waals surface area contributed by atoms with Gasteiger partial charge in [-0.1, -0.05) is 0 Å². The fourth-order valence-corrected chi connectivity index (χ4v) is 2.83. The number of nitrogens with zero attached hydrogens (tertiary/aromatic N) is 4. The van der Waals surface area contributed by atoms with Crippen LogP contribution in [-0.2, 0) is 9.57 Å². The predicted molar refractivity (Wildman–Crippen MR) is 78.3 cm³/mol. The molecule has 0 amide bonds. The minimum atomic E-state index is -1.64. The van der Waals surface area contributed by atoms with E-state index in [1.54, 1.807) is 6.92 Å². The maximum Gasteiger partial charge on any atom is 0.183 e. The molecule has 4 atom stereocenters. The molecule has 0 spiro atoms. The Bertz CT molecular complexity index is 718. The lowest BCUT2D eigenvalue weighted by atomic mass is 9.97. The largest absolute Gasteiger partial charge is 0.394 e. The average molecular weight is 325 g/mol. The van der Waals surface area contributed by atoms with E-state index < -0.39 is 30.6 Å². The molecule has 0 saturated carbocycles. The third-order valence-corrected chi connectivity index (χ3v) is 4.02. The summed E-state index contributed by atoms with van der Waals surface area (Å²) in [4.78, 5) is 13.2. The lowest BCUT2D eigenvalue weighted by molar-refractivity contribution is -0.100. The number of fused-ring (bicyclic) bond motifs is 1. The van der Waals surface area contributed by atoms with Gasteiger partial charge in [0.1, 0.15) is 24.1 Å². The van der Waals surface area contributed by atoms with Gasteiger partial charge >= 0.3 is 0 Å². The van der Waals surface area contributed by atoms with Gasteiger partial charge in [0.15, 0.2) is 17.7 Å². The van der Waals surface area contributed by atoms with E-state index in [0.29, 0.717) is 22.5 Å². The minimum absolute atomic E-state index is 0.410. The van der Waals surface area contributed by atoms with E-state index in [9.17, 15) is 15.3 Å². The van der Waals surface area contributed by atoms with Gasteiger partial charge in [-0.2, -0.15) is 5.10 Å². The second-order valence-electron chi connectivity index (χ2n) is 5.64. The van der Waals surface area contributed by atoms with E-state index in [2.05, 4.69) is 20.5 Å². The molecule has 0 aromatic carbocycles. The smallest absolute Gasteiger partial charge is 0.183 e. The Morgan fingerprint density at radius 2 is 2.22 bits per heavy atom. The van der Waals surface area contributed by atoms with Crippen LogP contribution in [0.2, 0.25) is 0 Å². The van der Waals surface area contributed by atoms with Gasteiger partial charge < -0.3 is 20.1 Å². The quantitative estimate of drug-likeness (QED) is 0.528. The van der Waals surface area contributed by atoms with Crippen LogP contribution in [0.4, 0.5) is 5.82 Å². The van der Waals surface area contributed by atoms with Crippen LogP contribution >= 0.6 is 0 Å². The highest BCUT2D eigenvalue weighted by molar-refractivity contribution is 5.88. The number of aliphatic hydroxyl groups excluding tert-OH is 2. The molecule has 4 N–H and O–H groups in total. The zero-order chi connectivity index (χ0) is 16.8. The van der Waals surface area contributed by atoms with Crippen LogP contribution in [0.15, 0.2) is 6.33 Å². The average Bonchev–Trinajstić information content (AvgIpc) is 2.96. The molecule has 3 rings (SSSR count). The number of anilines is 1. The normalized spacial score (nSPS) is 31.0. The molecule has 1 saturated heterocycles. The van der Waals surface area contributed by atoms with Crippen LogP contribution in [0.25, 0.3) is 11.0 Å². The summed E-state index contributed by atoms with van der Waals surface area (Å²) in [5.41, 5.74) is 2.02. The zero-order valence-corrected chi connectivity index (χ0v) is 13.0. The second kappa shape index (κ2) is 5.65. The van der Waals surface area contributed by atoms with Gasteiger partial charge in [-0.25, -0.2) is 20.1 Å². The molecule has 0 bridgehead atoms. The molecule has 2 aromatic heterocycles. The highest BCUT2D eigenvalue weighted by Crippen LogP contribution is 2.39. The van der Waals surface area contributed by atoms with Gasteiger partial charge in [0.05, 0.1) is 24.8 Å². The van der Waals surface area contributed by atoms with E-state index in [1.807, 2.05) is 0 Å². The Balaban J connectivity index is 2.13. The lowest BCUT2D eigenvalue weighted by Crippen LogP contribution is -2.44. The molecule has 10 heteroatoms. The van der Waals surface area contributed by atoms with Crippen LogP contribution in [0, 0.1) is 6.92 Å². The summed E-state index contributed by atoms with van der Waals surface area (Å²) in [6, 6.07) is 0. The number of ether oxygens (including phenoxy) is 1. The first kappa shape index (κ1) is 16.0. The van der Waals surface area contributed by atoms with E-state index >= 15 is 0 Å². The summed E-state index contributed by atoms with van der Waals surface area (Å²) in [7, 11) is 1.46. The topological polar surface area (TPSA) is 135 Å². The molecule has 2 aromatic rings. The van der Waals surface area contributed by atoms with Crippen molar-refractivity contribution in [2.24, 2.45) is 0 Å². The SMILES string of the molecule is CONc1ncnc2c1c(C)nn2C1O[C@H](CO)[C@@H](O)[C@@]1(C)O. The van der Waals surface area contributed by atoms with Crippen molar-refractivity contribution in [1.29, 1.82) is 0 Å². The van der Waals surface area contributed by atoms with Gasteiger partial charge in [-0.15, -0.1) is 0 Å². The third kappa shape index (κ3) is 2.35. The highest BCUT2D eigenvalue weighted by atomic mass is 16.6. The molecule has 1 fully saturated rings. The van der Waals surface area contributed by atoms with Crippen molar-refractivity contribution < 1.29 is 24.9 Å². The van der Waals surface area contributed by atoms with Gasteiger partial charge in [0.25, 0.3) is 0 Å². The fraction of sp³-hybridized carbons (Fsp3) is 0.615. The monoisotopic (exact) mass is 325 g/mol. The number of hydrogen-bond acceptors (Lipinski definition) is 9. The first-order chi connectivity index (χ1) is 10.9. The van der Waals surface area contributed by atoms with Gasteiger partial charge in [0.2, 0.25) is 0 Å². The highest BCUT2D eigenvalue weighted by Gasteiger charge is 2.53.